The maximum atomic E-state index is 6.66. The van der Waals surface area contributed by atoms with Crippen LogP contribution in [0.2, 0.25) is 0 Å². The van der Waals surface area contributed by atoms with Crippen LogP contribution in [0.1, 0.15) is 168 Å². The fourth-order valence-electron chi connectivity index (χ4n) is 7.11. The summed E-state index contributed by atoms with van der Waals surface area (Å²) in [7, 11) is 0. The van der Waals surface area contributed by atoms with Crippen LogP contribution in [0, 0.1) is 0 Å². The van der Waals surface area contributed by atoms with E-state index < -0.39 is 0 Å². The molecule has 0 fully saturated rings. The van der Waals surface area contributed by atoms with Crippen LogP contribution in [-0.2, 0) is 10.8 Å². The monoisotopic (exact) mass is 648 g/mol. The molecule has 0 aliphatic carbocycles. The van der Waals surface area contributed by atoms with Crippen LogP contribution >= 0.6 is 0 Å². The van der Waals surface area contributed by atoms with Crippen molar-refractivity contribution < 1.29 is 8.83 Å². The van der Waals surface area contributed by atoms with E-state index in [0.717, 1.165) is 46.2 Å². The Morgan fingerprint density at radius 2 is 0.896 bits per heavy atom. The molecule has 2 atom stereocenters. The summed E-state index contributed by atoms with van der Waals surface area (Å²) in [5.74, 6) is 2.17. The lowest BCUT2D eigenvalue weighted by atomic mass is 9.84. The molecule has 2 unspecified atom stereocenters. The zero-order valence-corrected chi connectivity index (χ0v) is 31.6. The van der Waals surface area contributed by atoms with Gasteiger partial charge in [0.25, 0.3) is 0 Å². The second-order valence-corrected chi connectivity index (χ2v) is 16.4. The lowest BCUT2D eigenvalue weighted by Gasteiger charge is -2.21. The number of hydrogen-bond donors (Lipinski definition) is 0. The molecule has 5 rings (SSSR count). The van der Waals surface area contributed by atoms with Crippen molar-refractivity contribution in [1.29, 1.82) is 0 Å². The maximum absolute atomic E-state index is 6.66. The van der Waals surface area contributed by atoms with Gasteiger partial charge in [0, 0.05) is 11.1 Å². The fraction of sp³-hybridized carbons (Fsp3) is 0.545. The Morgan fingerprint density at radius 1 is 0.521 bits per heavy atom. The molecule has 0 spiro atoms. The highest BCUT2D eigenvalue weighted by molar-refractivity contribution is 5.85. The molecular weight excluding hydrogens is 588 g/mol. The van der Waals surface area contributed by atoms with Gasteiger partial charge in [-0.15, -0.1) is 0 Å². The van der Waals surface area contributed by atoms with E-state index in [1.54, 1.807) is 0 Å². The van der Waals surface area contributed by atoms with Gasteiger partial charge in [0.15, 0.2) is 11.2 Å². The summed E-state index contributed by atoms with van der Waals surface area (Å²) in [6.07, 6.45) is 12.5. The molecule has 0 bridgehead atoms. The van der Waals surface area contributed by atoms with Crippen molar-refractivity contribution in [2.45, 2.75) is 156 Å². The molecular formula is C44H60N2O2. The molecule has 2 aromatic heterocycles. The first-order valence-corrected chi connectivity index (χ1v) is 18.8. The van der Waals surface area contributed by atoms with Gasteiger partial charge in [-0.2, -0.15) is 0 Å². The Balaban J connectivity index is 1.49. The summed E-state index contributed by atoms with van der Waals surface area (Å²) >= 11 is 0. The summed E-state index contributed by atoms with van der Waals surface area (Å²) < 4.78 is 13.3. The highest BCUT2D eigenvalue weighted by Gasteiger charge is 2.26. The third kappa shape index (κ3) is 7.90. The first-order chi connectivity index (χ1) is 22.8. The highest BCUT2D eigenvalue weighted by Crippen LogP contribution is 2.40. The molecule has 0 aliphatic heterocycles. The molecule has 0 aliphatic rings. The molecule has 5 aromatic rings. The van der Waals surface area contributed by atoms with Gasteiger partial charge in [-0.1, -0.05) is 145 Å². The number of unbranched alkanes of at least 4 members (excludes halogenated alkanes) is 6. The van der Waals surface area contributed by atoms with E-state index in [2.05, 4.69) is 118 Å². The second-order valence-electron chi connectivity index (χ2n) is 16.4. The number of fused-ring (bicyclic) bond motifs is 2. The molecule has 3 aromatic carbocycles. The molecule has 0 saturated heterocycles. The zero-order valence-electron chi connectivity index (χ0n) is 31.6. The van der Waals surface area contributed by atoms with E-state index in [0.29, 0.717) is 23.6 Å². The molecule has 2 heterocycles. The van der Waals surface area contributed by atoms with Gasteiger partial charge in [-0.05, 0) is 82.0 Å². The quantitative estimate of drug-likeness (QED) is 0.112. The van der Waals surface area contributed by atoms with Crippen LogP contribution < -0.4 is 0 Å². The molecule has 48 heavy (non-hydrogen) atoms. The largest absolute Gasteiger partial charge is 0.436 e. The van der Waals surface area contributed by atoms with E-state index in [9.17, 15) is 0 Å². The smallest absolute Gasteiger partial charge is 0.227 e. The normalized spacial score (nSPS) is 13.9. The summed E-state index contributed by atoms with van der Waals surface area (Å²) in [5.41, 5.74) is 10.7. The molecule has 0 amide bonds. The first-order valence-electron chi connectivity index (χ1n) is 18.8. The van der Waals surface area contributed by atoms with Crippen LogP contribution in [0.25, 0.3) is 45.1 Å². The number of hydrogen-bond acceptors (Lipinski definition) is 4. The van der Waals surface area contributed by atoms with Crippen LogP contribution in [0.5, 0.6) is 0 Å². The van der Waals surface area contributed by atoms with E-state index >= 15 is 0 Å². The molecule has 4 heteroatoms. The number of rotatable bonds is 14. The van der Waals surface area contributed by atoms with Crippen molar-refractivity contribution in [2.24, 2.45) is 0 Å². The van der Waals surface area contributed by atoms with Gasteiger partial charge in [0.2, 0.25) is 11.8 Å². The zero-order chi connectivity index (χ0) is 34.6. The summed E-state index contributed by atoms with van der Waals surface area (Å²) in [5, 5.41) is 0. The van der Waals surface area contributed by atoms with Crippen molar-refractivity contribution in [3.05, 3.63) is 70.8 Å². The minimum absolute atomic E-state index is 0.0378. The van der Waals surface area contributed by atoms with Crippen LogP contribution in [0.4, 0.5) is 0 Å². The van der Waals surface area contributed by atoms with Crippen LogP contribution in [0.3, 0.4) is 0 Å². The Hall–Kier alpha value is -3.40. The Bertz CT molecular complexity index is 1660. The molecule has 0 radical (unpaired) electrons. The van der Waals surface area contributed by atoms with Gasteiger partial charge in [0.05, 0.1) is 0 Å². The van der Waals surface area contributed by atoms with Gasteiger partial charge in [-0.3, -0.25) is 0 Å². The Labute approximate surface area is 290 Å². The summed E-state index contributed by atoms with van der Waals surface area (Å²) in [6, 6.07) is 17.5. The van der Waals surface area contributed by atoms with E-state index in [1.165, 1.54) is 73.6 Å². The lowest BCUT2D eigenvalue weighted by molar-refractivity contribution is 0.564. The number of nitrogens with zero attached hydrogens (tertiary/aromatic N) is 2. The number of oxazole rings is 2. The van der Waals surface area contributed by atoms with Crippen molar-refractivity contribution in [1.82, 2.24) is 9.97 Å². The van der Waals surface area contributed by atoms with Gasteiger partial charge < -0.3 is 8.83 Å². The van der Waals surface area contributed by atoms with Gasteiger partial charge in [-0.25, -0.2) is 9.97 Å². The van der Waals surface area contributed by atoms with E-state index in [-0.39, 0.29) is 10.8 Å². The number of aromatic nitrogens is 2. The van der Waals surface area contributed by atoms with Crippen LogP contribution in [0.15, 0.2) is 57.4 Å². The van der Waals surface area contributed by atoms with Crippen molar-refractivity contribution >= 4 is 22.2 Å². The maximum Gasteiger partial charge on any atom is 0.227 e. The summed E-state index contributed by atoms with van der Waals surface area (Å²) in [6.45, 7) is 22.7. The van der Waals surface area contributed by atoms with E-state index in [1.807, 2.05) is 0 Å². The highest BCUT2D eigenvalue weighted by atomic mass is 16.4. The Morgan fingerprint density at radius 3 is 1.23 bits per heavy atom. The average Bonchev–Trinajstić information content (AvgIpc) is 3.69. The topological polar surface area (TPSA) is 52.1 Å². The average molecular weight is 649 g/mol. The van der Waals surface area contributed by atoms with E-state index in [4.69, 9.17) is 18.8 Å². The minimum Gasteiger partial charge on any atom is -0.436 e. The predicted octanol–water partition coefficient (Wildman–Crippen LogP) is 14.0. The summed E-state index contributed by atoms with van der Waals surface area (Å²) in [4.78, 5) is 10.3. The second kappa shape index (κ2) is 15.0. The molecule has 0 saturated carbocycles. The van der Waals surface area contributed by atoms with Crippen LogP contribution in [-0.4, -0.2) is 9.97 Å². The SMILES string of the molecule is CCCCCCC(C)c1ccc(C(C)(C)C)c2nc(-c3ccc(-c4nc5c(C(C)(C)C)ccc(C(C)CCCCCC)c5o4)cc3)oc12. The standard InChI is InChI=1S/C44H60N2O2/c1-11-13-15-17-19-29(3)33-25-27-35(43(5,6)7)37-39(33)47-41(45-37)31-21-23-32(24-22-31)42-46-38-36(44(8,9)10)28-26-34(40(38)48-42)30(4)20-18-16-14-12-2/h21-30H,11-20H2,1-10H3. The van der Waals surface area contributed by atoms with Gasteiger partial charge >= 0.3 is 0 Å². The fourth-order valence-corrected chi connectivity index (χ4v) is 7.11. The number of benzene rings is 3. The first kappa shape index (κ1) is 35.9. The molecule has 0 N–H and O–H groups in total. The predicted molar refractivity (Wildman–Crippen MR) is 204 cm³/mol. The Kier molecular flexibility index (Phi) is 11.2. The lowest BCUT2D eigenvalue weighted by Crippen LogP contribution is -2.12. The van der Waals surface area contributed by atoms with Gasteiger partial charge in [0.1, 0.15) is 11.0 Å². The molecule has 4 nitrogen and oxygen atoms in total. The third-order valence-corrected chi connectivity index (χ3v) is 10.2. The molecule has 258 valence electrons. The van der Waals surface area contributed by atoms with Crippen molar-refractivity contribution in [3.63, 3.8) is 0 Å². The van der Waals surface area contributed by atoms with Crippen molar-refractivity contribution in [3.8, 4) is 22.9 Å². The van der Waals surface area contributed by atoms with Crippen molar-refractivity contribution in [2.75, 3.05) is 0 Å². The third-order valence-electron chi connectivity index (χ3n) is 10.2. The minimum atomic E-state index is -0.0378.